The lowest BCUT2D eigenvalue weighted by Crippen LogP contribution is -2.64. The Bertz CT molecular complexity index is 836. The van der Waals surface area contributed by atoms with Crippen molar-refractivity contribution < 1.29 is 0 Å². The molecular formula is C25H32N2. The van der Waals surface area contributed by atoms with Crippen molar-refractivity contribution >= 4 is 11.4 Å². The number of nitrogens with zero attached hydrogens (tertiary/aromatic N) is 2. The van der Waals surface area contributed by atoms with Gasteiger partial charge < -0.3 is 0 Å². The van der Waals surface area contributed by atoms with Gasteiger partial charge in [-0.15, -0.1) is 6.58 Å². The fourth-order valence-electron chi connectivity index (χ4n) is 5.30. The van der Waals surface area contributed by atoms with Crippen LogP contribution in [0.15, 0.2) is 71.7 Å². The zero-order valence-corrected chi connectivity index (χ0v) is 17.4. The molecule has 1 saturated carbocycles. The number of allylic oxidation sites excluding steroid dienone is 3. The highest BCUT2D eigenvalue weighted by Gasteiger charge is 2.64. The molecule has 4 atom stereocenters. The molecule has 27 heavy (non-hydrogen) atoms. The monoisotopic (exact) mass is 360 g/mol. The van der Waals surface area contributed by atoms with Gasteiger partial charge in [-0.2, -0.15) is 0 Å². The van der Waals surface area contributed by atoms with Gasteiger partial charge in [0.1, 0.15) is 0 Å². The van der Waals surface area contributed by atoms with E-state index in [0.29, 0.717) is 0 Å². The Hall–Kier alpha value is -2.22. The molecule has 1 aliphatic heterocycles. The van der Waals surface area contributed by atoms with Gasteiger partial charge in [-0.25, -0.2) is 0 Å². The highest BCUT2D eigenvalue weighted by Crippen LogP contribution is 2.61. The Morgan fingerprint density at radius 1 is 1.26 bits per heavy atom. The quantitative estimate of drug-likeness (QED) is 0.429. The van der Waals surface area contributed by atoms with Crippen LogP contribution in [0.1, 0.15) is 58.1 Å². The fraction of sp³-hybridized carbons (Fsp3) is 0.440. The summed E-state index contributed by atoms with van der Waals surface area (Å²) in [6, 6.07) is 8.82. The van der Waals surface area contributed by atoms with Crippen LogP contribution in [0.4, 0.5) is 0 Å². The van der Waals surface area contributed by atoms with Crippen LogP contribution in [0.5, 0.6) is 0 Å². The Kier molecular flexibility index (Phi) is 5.12. The van der Waals surface area contributed by atoms with Crippen LogP contribution in [0, 0.1) is 11.3 Å². The van der Waals surface area contributed by atoms with E-state index < -0.39 is 0 Å². The maximum atomic E-state index is 5.28. The zero-order chi connectivity index (χ0) is 19.8. The van der Waals surface area contributed by atoms with Crippen LogP contribution in [-0.2, 0) is 0 Å². The number of hydrogen-bond acceptors (Lipinski definition) is 2. The molecule has 0 N–H and O–H groups in total. The number of rotatable bonds is 6. The van der Waals surface area contributed by atoms with Gasteiger partial charge >= 0.3 is 0 Å². The normalized spacial score (nSPS) is 29.2. The number of fused-ring (bicyclic) bond motifs is 3. The summed E-state index contributed by atoms with van der Waals surface area (Å²) in [5.41, 5.74) is 4.52. The molecule has 0 aromatic heterocycles. The molecule has 0 bridgehead atoms. The molecule has 0 amide bonds. The van der Waals surface area contributed by atoms with E-state index in [-0.39, 0.29) is 28.8 Å². The lowest BCUT2D eigenvalue weighted by atomic mass is 9.48. The summed E-state index contributed by atoms with van der Waals surface area (Å²) in [7, 11) is 0. The summed E-state index contributed by atoms with van der Waals surface area (Å²) < 4.78 is 0. The maximum Gasteiger partial charge on any atom is 0.0787 e. The number of aliphatic imine (C=N–C) groups is 2. The van der Waals surface area contributed by atoms with Gasteiger partial charge in [-0.05, 0) is 44.2 Å². The second kappa shape index (κ2) is 7.07. The van der Waals surface area contributed by atoms with E-state index in [9.17, 15) is 0 Å². The molecule has 2 nitrogen and oxygen atoms in total. The molecule has 1 aliphatic carbocycles. The molecule has 0 spiro atoms. The van der Waals surface area contributed by atoms with E-state index >= 15 is 0 Å². The van der Waals surface area contributed by atoms with Crippen molar-refractivity contribution in [2.45, 2.75) is 58.5 Å². The van der Waals surface area contributed by atoms with Gasteiger partial charge in [0.25, 0.3) is 0 Å². The second-order valence-corrected chi connectivity index (χ2v) is 8.75. The van der Waals surface area contributed by atoms with E-state index in [4.69, 9.17) is 9.98 Å². The van der Waals surface area contributed by atoms with Crippen molar-refractivity contribution in [1.29, 1.82) is 0 Å². The van der Waals surface area contributed by atoms with Crippen molar-refractivity contribution in [3.8, 4) is 0 Å². The van der Waals surface area contributed by atoms with Gasteiger partial charge in [0.15, 0.2) is 0 Å². The van der Waals surface area contributed by atoms with Gasteiger partial charge in [-0.1, -0.05) is 62.9 Å². The fourth-order valence-corrected chi connectivity index (χ4v) is 5.30. The molecule has 142 valence electrons. The first-order chi connectivity index (χ1) is 12.8. The average molecular weight is 361 g/mol. The van der Waals surface area contributed by atoms with Crippen molar-refractivity contribution in [3.05, 3.63) is 72.9 Å². The van der Waals surface area contributed by atoms with Crippen LogP contribution in [0.25, 0.3) is 0 Å². The highest BCUT2D eigenvalue weighted by atomic mass is 15.0. The van der Waals surface area contributed by atoms with E-state index in [0.717, 1.165) is 17.8 Å². The highest BCUT2D eigenvalue weighted by molar-refractivity contribution is 6.10. The Labute approximate surface area is 164 Å². The summed E-state index contributed by atoms with van der Waals surface area (Å²) in [5, 5.41) is 0. The summed E-state index contributed by atoms with van der Waals surface area (Å²) in [6.45, 7) is 19.1. The number of hydrogen-bond donors (Lipinski definition) is 0. The first kappa shape index (κ1) is 19.5. The van der Waals surface area contributed by atoms with Gasteiger partial charge in [-0.3, -0.25) is 9.98 Å². The maximum absolute atomic E-state index is 5.28. The largest absolute Gasteiger partial charge is 0.287 e. The Morgan fingerprint density at radius 3 is 2.56 bits per heavy atom. The van der Waals surface area contributed by atoms with Crippen LogP contribution in [0.3, 0.4) is 0 Å². The second-order valence-electron chi connectivity index (χ2n) is 8.75. The van der Waals surface area contributed by atoms with Crippen LogP contribution in [-0.4, -0.2) is 23.0 Å². The Balaban J connectivity index is 2.20. The smallest absolute Gasteiger partial charge is 0.0787 e. The van der Waals surface area contributed by atoms with Crippen molar-refractivity contribution in [2.75, 3.05) is 0 Å². The van der Waals surface area contributed by atoms with Crippen molar-refractivity contribution in [1.82, 2.24) is 0 Å². The molecule has 2 aliphatic rings. The summed E-state index contributed by atoms with van der Waals surface area (Å²) in [4.78, 5) is 10.4. The third-order valence-corrected chi connectivity index (χ3v) is 5.92. The summed E-state index contributed by atoms with van der Waals surface area (Å²) >= 11 is 0. The standard InChI is InChI=1S/C25H32N2/c1-8-15-24(6,7)16-25(27-17(4)5)20(9-2)23-22(25)19-14-12-11-13-18(19)21(10-3)26-23/h8-15,20,22-23H,2-3,16H2,1,4-7H3/b15-8-. The molecular weight excluding hydrogens is 328 g/mol. The van der Waals surface area contributed by atoms with Crippen LogP contribution >= 0.6 is 0 Å². The van der Waals surface area contributed by atoms with Crippen LogP contribution in [0.2, 0.25) is 0 Å². The van der Waals surface area contributed by atoms with E-state index in [1.165, 1.54) is 11.1 Å². The molecule has 1 aromatic carbocycles. The molecule has 1 fully saturated rings. The third kappa shape index (κ3) is 3.16. The lowest BCUT2D eigenvalue weighted by Gasteiger charge is -2.60. The van der Waals surface area contributed by atoms with E-state index in [2.05, 4.69) is 90.3 Å². The molecule has 2 heteroatoms. The van der Waals surface area contributed by atoms with Gasteiger partial charge in [0.2, 0.25) is 0 Å². The average Bonchev–Trinajstić information content (AvgIpc) is 2.59. The predicted octanol–water partition coefficient (Wildman–Crippen LogP) is 6.16. The predicted molar refractivity (Wildman–Crippen MR) is 118 cm³/mol. The van der Waals surface area contributed by atoms with E-state index in [1.54, 1.807) is 0 Å². The molecule has 0 radical (unpaired) electrons. The SMILES string of the molecule is C=CC1=NC2C(C=C)C(CC(C)(C)/C=C\C)(N=C(C)C)C2c2ccccc21. The molecule has 4 unspecified atom stereocenters. The van der Waals surface area contributed by atoms with Crippen LogP contribution < -0.4 is 0 Å². The molecule has 3 rings (SSSR count). The van der Waals surface area contributed by atoms with Crippen molar-refractivity contribution in [2.24, 2.45) is 21.3 Å². The molecule has 1 aromatic rings. The lowest BCUT2D eigenvalue weighted by molar-refractivity contribution is 0.0580. The first-order valence-electron chi connectivity index (χ1n) is 9.88. The van der Waals surface area contributed by atoms with Gasteiger partial charge in [0, 0.05) is 23.1 Å². The Morgan fingerprint density at radius 2 is 1.96 bits per heavy atom. The summed E-state index contributed by atoms with van der Waals surface area (Å²) in [6.07, 6.45) is 9.39. The first-order valence-corrected chi connectivity index (χ1v) is 9.88. The van der Waals surface area contributed by atoms with Crippen molar-refractivity contribution in [3.63, 3.8) is 0 Å². The minimum absolute atomic E-state index is 0.0529. The van der Waals surface area contributed by atoms with E-state index in [1.807, 2.05) is 6.08 Å². The molecule has 1 heterocycles. The third-order valence-electron chi connectivity index (χ3n) is 5.92. The minimum Gasteiger partial charge on any atom is -0.287 e. The number of benzene rings is 1. The molecule has 0 saturated heterocycles. The topological polar surface area (TPSA) is 24.7 Å². The zero-order valence-electron chi connectivity index (χ0n) is 17.4. The summed E-state index contributed by atoms with van der Waals surface area (Å²) in [5.74, 6) is 0.505. The van der Waals surface area contributed by atoms with Gasteiger partial charge in [0.05, 0.1) is 17.3 Å². The minimum atomic E-state index is -0.208.